The van der Waals surface area contributed by atoms with Crippen LogP contribution in [0.15, 0.2) is 53.1 Å². The van der Waals surface area contributed by atoms with E-state index in [9.17, 15) is 4.79 Å². The minimum Gasteiger partial charge on any atom is -0.497 e. The molecule has 10 heteroatoms. The van der Waals surface area contributed by atoms with Crippen LogP contribution >= 0.6 is 11.3 Å². The maximum Gasteiger partial charge on any atom is 0.286 e. The molecule has 1 aliphatic heterocycles. The van der Waals surface area contributed by atoms with Gasteiger partial charge in [-0.2, -0.15) is 11.3 Å². The van der Waals surface area contributed by atoms with Crippen molar-refractivity contribution in [1.29, 1.82) is 0 Å². The number of hydrogen-bond donors (Lipinski definition) is 3. The standard InChI is InChI=1S/C29H38N2O7S/c1-3-37-29-23(7-11-35-13-14-36-12-10-32)24(21-8-15-39-19-21)17-27(38-29)28(33)30-9-6-20-18-31-26-5-4-22(34-2)16-25(20)26/h4-5,8,15-19,23-24,29,31-32H,3,6-7,9-14H2,1-2H3,(H,30,33)/t23-,24+,29+/m0/s1. The molecule has 212 valence electrons. The topological polar surface area (TPSA) is 111 Å². The number of ether oxygens (including phenoxy) is 5. The summed E-state index contributed by atoms with van der Waals surface area (Å²) in [5.74, 6) is 0.755. The number of thiophene rings is 1. The Morgan fingerprint density at radius 3 is 2.77 bits per heavy atom. The summed E-state index contributed by atoms with van der Waals surface area (Å²) in [6, 6.07) is 7.99. The minimum atomic E-state index is -0.569. The fourth-order valence-corrected chi connectivity index (χ4v) is 5.48. The summed E-state index contributed by atoms with van der Waals surface area (Å²) in [5, 5.41) is 17.1. The fraction of sp³-hybridized carbons (Fsp3) is 0.483. The number of H-pyrrole nitrogens is 1. The summed E-state index contributed by atoms with van der Waals surface area (Å²) in [6.07, 6.45) is 4.67. The number of rotatable bonds is 16. The molecule has 4 rings (SSSR count). The Morgan fingerprint density at radius 2 is 2.03 bits per heavy atom. The molecule has 0 bridgehead atoms. The molecule has 3 aromatic rings. The Bertz CT molecular complexity index is 1190. The van der Waals surface area contributed by atoms with E-state index in [1.54, 1.807) is 18.4 Å². The number of fused-ring (bicyclic) bond motifs is 1. The predicted molar refractivity (Wildman–Crippen MR) is 150 cm³/mol. The Morgan fingerprint density at radius 1 is 1.18 bits per heavy atom. The third-order valence-electron chi connectivity index (χ3n) is 6.73. The number of aliphatic hydroxyl groups excluding tert-OH is 1. The Labute approximate surface area is 233 Å². The van der Waals surface area contributed by atoms with E-state index in [-0.39, 0.29) is 30.1 Å². The molecule has 0 spiro atoms. The molecular formula is C29H38N2O7S. The van der Waals surface area contributed by atoms with Crippen molar-refractivity contribution in [2.24, 2.45) is 5.92 Å². The third-order valence-corrected chi connectivity index (χ3v) is 7.43. The van der Waals surface area contributed by atoms with Gasteiger partial charge in [0.05, 0.1) is 33.5 Å². The zero-order chi connectivity index (χ0) is 27.5. The van der Waals surface area contributed by atoms with Crippen LogP contribution in [0.2, 0.25) is 0 Å². The monoisotopic (exact) mass is 558 g/mol. The van der Waals surface area contributed by atoms with Crippen LogP contribution in [-0.4, -0.2) is 75.6 Å². The number of carbonyl (C=O) groups excluding carboxylic acids is 1. The maximum atomic E-state index is 13.2. The van der Waals surface area contributed by atoms with E-state index in [2.05, 4.69) is 21.7 Å². The summed E-state index contributed by atoms with van der Waals surface area (Å²) in [7, 11) is 1.65. The fourth-order valence-electron chi connectivity index (χ4n) is 4.78. The number of methoxy groups -OCH3 is 1. The Kier molecular flexibility index (Phi) is 11.2. The van der Waals surface area contributed by atoms with Crippen molar-refractivity contribution in [3.8, 4) is 5.75 Å². The number of carbonyl (C=O) groups is 1. The van der Waals surface area contributed by atoms with Gasteiger partial charge in [-0.15, -0.1) is 0 Å². The molecule has 0 saturated carbocycles. The average Bonchev–Trinajstić information content (AvgIpc) is 3.63. The quantitative estimate of drug-likeness (QED) is 0.228. The van der Waals surface area contributed by atoms with E-state index in [4.69, 9.17) is 28.8 Å². The lowest BCUT2D eigenvalue weighted by Crippen LogP contribution is -2.39. The second kappa shape index (κ2) is 15.0. The first kappa shape index (κ1) is 29.1. The lowest BCUT2D eigenvalue weighted by molar-refractivity contribution is -0.168. The zero-order valence-corrected chi connectivity index (χ0v) is 23.3. The molecule has 1 amide bonds. The third kappa shape index (κ3) is 7.83. The highest BCUT2D eigenvalue weighted by Gasteiger charge is 2.38. The number of aromatic nitrogens is 1. The summed E-state index contributed by atoms with van der Waals surface area (Å²) < 4.78 is 28.5. The Hall–Kier alpha value is -2.89. The lowest BCUT2D eigenvalue weighted by Gasteiger charge is -2.36. The smallest absolute Gasteiger partial charge is 0.286 e. The molecule has 9 nitrogen and oxygen atoms in total. The van der Waals surface area contributed by atoms with Gasteiger partial charge in [-0.05, 0) is 72.0 Å². The highest BCUT2D eigenvalue weighted by Crippen LogP contribution is 2.39. The predicted octanol–water partition coefficient (Wildman–Crippen LogP) is 3.99. The summed E-state index contributed by atoms with van der Waals surface area (Å²) in [4.78, 5) is 16.5. The largest absolute Gasteiger partial charge is 0.497 e. The number of aromatic amines is 1. The molecule has 3 atom stereocenters. The van der Waals surface area contributed by atoms with Gasteiger partial charge in [-0.3, -0.25) is 4.79 Å². The molecule has 3 N–H and O–H groups in total. The van der Waals surface area contributed by atoms with Crippen LogP contribution in [0.4, 0.5) is 0 Å². The molecule has 39 heavy (non-hydrogen) atoms. The van der Waals surface area contributed by atoms with Crippen molar-refractivity contribution in [1.82, 2.24) is 10.3 Å². The first-order chi connectivity index (χ1) is 19.1. The normalized spacial score (nSPS) is 19.1. The molecule has 2 aromatic heterocycles. The molecule has 1 aromatic carbocycles. The van der Waals surface area contributed by atoms with Crippen molar-refractivity contribution < 1.29 is 33.6 Å². The number of hydrogen-bond acceptors (Lipinski definition) is 8. The number of nitrogens with one attached hydrogen (secondary N) is 2. The van der Waals surface area contributed by atoms with Gasteiger partial charge in [-0.25, -0.2) is 0 Å². The average molecular weight is 559 g/mol. The van der Waals surface area contributed by atoms with E-state index in [0.717, 1.165) is 27.8 Å². The van der Waals surface area contributed by atoms with Crippen molar-refractivity contribution in [3.63, 3.8) is 0 Å². The van der Waals surface area contributed by atoms with Gasteiger partial charge in [0.1, 0.15) is 5.75 Å². The molecule has 0 fully saturated rings. The molecule has 0 radical (unpaired) electrons. The van der Waals surface area contributed by atoms with E-state index in [1.807, 2.05) is 42.8 Å². The van der Waals surface area contributed by atoms with Gasteiger partial charge in [-0.1, -0.05) is 0 Å². The van der Waals surface area contributed by atoms with E-state index < -0.39 is 6.29 Å². The van der Waals surface area contributed by atoms with Gasteiger partial charge >= 0.3 is 0 Å². The van der Waals surface area contributed by atoms with Crippen LogP contribution in [0.25, 0.3) is 10.9 Å². The number of amides is 1. The molecule has 3 heterocycles. The van der Waals surface area contributed by atoms with Crippen LogP contribution < -0.4 is 10.1 Å². The van der Waals surface area contributed by atoms with Crippen molar-refractivity contribution in [3.05, 3.63) is 64.2 Å². The van der Waals surface area contributed by atoms with Gasteiger partial charge in [0.25, 0.3) is 5.91 Å². The number of allylic oxidation sites excluding steroid dienone is 1. The summed E-state index contributed by atoms with van der Waals surface area (Å²) in [5.41, 5.74) is 3.26. The summed E-state index contributed by atoms with van der Waals surface area (Å²) >= 11 is 1.62. The molecule has 0 aliphatic carbocycles. The minimum absolute atomic E-state index is 0.00171. The second-order valence-corrected chi connectivity index (χ2v) is 9.97. The van der Waals surface area contributed by atoms with Crippen molar-refractivity contribution in [2.45, 2.75) is 32.0 Å². The van der Waals surface area contributed by atoms with Crippen molar-refractivity contribution >= 4 is 28.1 Å². The van der Waals surface area contributed by atoms with E-state index in [1.165, 1.54) is 0 Å². The van der Waals surface area contributed by atoms with Crippen LogP contribution in [0.3, 0.4) is 0 Å². The van der Waals surface area contributed by atoms with Crippen LogP contribution in [0.1, 0.15) is 30.4 Å². The molecule has 1 aliphatic rings. The number of benzene rings is 1. The highest BCUT2D eigenvalue weighted by atomic mass is 32.1. The molecular weight excluding hydrogens is 520 g/mol. The van der Waals surface area contributed by atoms with Crippen LogP contribution in [0, 0.1) is 5.92 Å². The van der Waals surface area contributed by atoms with Gasteiger partial charge in [0.2, 0.25) is 6.29 Å². The van der Waals surface area contributed by atoms with E-state index in [0.29, 0.717) is 52.4 Å². The molecule has 0 unspecified atom stereocenters. The highest BCUT2D eigenvalue weighted by molar-refractivity contribution is 7.08. The Balaban J connectivity index is 1.40. The summed E-state index contributed by atoms with van der Waals surface area (Å²) in [6.45, 7) is 4.53. The van der Waals surface area contributed by atoms with Gasteiger partial charge in [0.15, 0.2) is 5.76 Å². The van der Waals surface area contributed by atoms with E-state index >= 15 is 0 Å². The van der Waals surface area contributed by atoms with Crippen molar-refractivity contribution in [2.75, 3.05) is 53.3 Å². The van der Waals surface area contributed by atoms with Gasteiger partial charge < -0.3 is 39.1 Å². The first-order valence-electron chi connectivity index (χ1n) is 13.3. The molecule has 0 saturated heterocycles. The van der Waals surface area contributed by atoms with Crippen LogP contribution in [-0.2, 0) is 30.2 Å². The lowest BCUT2D eigenvalue weighted by atomic mass is 9.82. The SMILES string of the molecule is CCO[C@@H]1OC(C(=O)NCCc2c[nH]c3ccc(OC)cc23)=C[C@H](c2ccsc2)[C@@H]1CCOCCOCCO. The first-order valence-corrected chi connectivity index (χ1v) is 14.3. The van der Waals surface area contributed by atoms with Gasteiger partial charge in [0, 0.05) is 48.7 Å². The second-order valence-electron chi connectivity index (χ2n) is 9.19. The number of aliphatic hydroxyl groups is 1. The maximum absolute atomic E-state index is 13.2. The zero-order valence-electron chi connectivity index (χ0n) is 22.5. The van der Waals surface area contributed by atoms with Crippen LogP contribution in [0.5, 0.6) is 5.75 Å².